The molecule has 0 bridgehead atoms. The molecule has 23 heavy (non-hydrogen) atoms. The van der Waals surface area contributed by atoms with E-state index in [2.05, 4.69) is 45.3 Å². The number of carbonyl (C=O) groups excluding carboxylic acids is 1. The third-order valence-corrected chi connectivity index (χ3v) is 3.80. The van der Waals surface area contributed by atoms with Crippen molar-refractivity contribution in [3.8, 4) is 0 Å². The van der Waals surface area contributed by atoms with Gasteiger partial charge < -0.3 is 10.2 Å². The van der Waals surface area contributed by atoms with Crippen molar-refractivity contribution >= 4 is 33.3 Å². The Kier molecular flexibility index (Phi) is 6.52. The topological polar surface area (TPSA) is 58.1 Å². The van der Waals surface area contributed by atoms with Crippen LogP contribution in [0.3, 0.4) is 0 Å². The highest BCUT2D eigenvalue weighted by atomic mass is 79.9. The number of halogens is 1. The Hall–Kier alpha value is -1.95. The number of rotatable bonds is 7. The minimum atomic E-state index is -0.0589. The molecule has 0 aliphatic rings. The quantitative estimate of drug-likeness (QED) is 0.784. The molecule has 1 aromatic heterocycles. The first kappa shape index (κ1) is 17.4. The molecule has 0 unspecified atom stereocenters. The predicted octanol–water partition coefficient (Wildman–Crippen LogP) is 4.24. The second-order valence-corrected chi connectivity index (χ2v) is 6.14. The van der Waals surface area contributed by atoms with Crippen molar-refractivity contribution in [2.24, 2.45) is 0 Å². The summed E-state index contributed by atoms with van der Waals surface area (Å²) in [5, 5.41) is 11.3. The standard InChI is InChI=1S/C17H21BrN4O/c1-3-11-22(12-4-2)17(23)15-9-10-16(21-20-15)19-14-7-5-13(18)6-8-14/h5-10H,3-4,11-12H2,1-2H3,(H,19,21). The summed E-state index contributed by atoms with van der Waals surface area (Å²) in [6.07, 6.45) is 1.87. The van der Waals surface area contributed by atoms with Gasteiger partial charge in [0, 0.05) is 23.2 Å². The predicted molar refractivity (Wildman–Crippen MR) is 95.9 cm³/mol. The van der Waals surface area contributed by atoms with Crippen LogP contribution in [-0.2, 0) is 0 Å². The number of anilines is 2. The van der Waals surface area contributed by atoms with E-state index in [1.807, 2.05) is 29.2 Å². The maximum absolute atomic E-state index is 12.4. The van der Waals surface area contributed by atoms with Gasteiger partial charge in [-0.15, -0.1) is 10.2 Å². The number of benzene rings is 1. The monoisotopic (exact) mass is 376 g/mol. The van der Waals surface area contributed by atoms with E-state index in [1.165, 1.54) is 0 Å². The summed E-state index contributed by atoms with van der Waals surface area (Å²) < 4.78 is 1.02. The number of nitrogens with one attached hydrogen (secondary N) is 1. The van der Waals surface area contributed by atoms with E-state index >= 15 is 0 Å². The lowest BCUT2D eigenvalue weighted by atomic mass is 10.3. The Bertz CT molecular complexity index is 622. The fourth-order valence-electron chi connectivity index (χ4n) is 2.21. The van der Waals surface area contributed by atoms with Crippen molar-refractivity contribution in [1.29, 1.82) is 0 Å². The fourth-order valence-corrected chi connectivity index (χ4v) is 2.48. The Morgan fingerprint density at radius 2 is 1.70 bits per heavy atom. The van der Waals surface area contributed by atoms with Crippen molar-refractivity contribution in [2.75, 3.05) is 18.4 Å². The molecule has 0 saturated heterocycles. The summed E-state index contributed by atoms with van der Waals surface area (Å²) >= 11 is 3.40. The molecule has 2 aromatic rings. The zero-order valence-corrected chi connectivity index (χ0v) is 15.0. The first-order valence-electron chi connectivity index (χ1n) is 7.79. The lowest BCUT2D eigenvalue weighted by molar-refractivity contribution is 0.0748. The van der Waals surface area contributed by atoms with Gasteiger partial charge in [-0.05, 0) is 49.2 Å². The van der Waals surface area contributed by atoms with Gasteiger partial charge in [-0.2, -0.15) is 0 Å². The smallest absolute Gasteiger partial charge is 0.274 e. The first-order valence-corrected chi connectivity index (χ1v) is 8.59. The molecule has 0 aliphatic heterocycles. The van der Waals surface area contributed by atoms with Gasteiger partial charge in [0.05, 0.1) is 0 Å². The summed E-state index contributed by atoms with van der Waals surface area (Å²) in [5.74, 6) is 0.554. The normalized spacial score (nSPS) is 10.4. The van der Waals surface area contributed by atoms with E-state index in [-0.39, 0.29) is 5.91 Å². The van der Waals surface area contributed by atoms with E-state index in [0.29, 0.717) is 11.5 Å². The molecule has 6 heteroatoms. The van der Waals surface area contributed by atoms with Crippen molar-refractivity contribution in [3.63, 3.8) is 0 Å². The molecule has 0 spiro atoms. The van der Waals surface area contributed by atoms with Gasteiger partial charge in [-0.3, -0.25) is 4.79 Å². The van der Waals surface area contributed by atoms with E-state index in [0.717, 1.165) is 36.1 Å². The summed E-state index contributed by atoms with van der Waals surface area (Å²) in [6, 6.07) is 11.3. The number of aromatic nitrogens is 2. The second kappa shape index (κ2) is 8.62. The van der Waals surface area contributed by atoms with Gasteiger partial charge in [-0.25, -0.2) is 0 Å². The molecule has 0 radical (unpaired) electrons. The van der Waals surface area contributed by atoms with Crippen LogP contribution in [0.4, 0.5) is 11.5 Å². The van der Waals surface area contributed by atoms with Crippen LogP contribution in [0.1, 0.15) is 37.2 Å². The first-order chi connectivity index (χ1) is 11.1. The highest BCUT2D eigenvalue weighted by molar-refractivity contribution is 9.10. The van der Waals surface area contributed by atoms with Crippen LogP contribution in [0.15, 0.2) is 40.9 Å². The number of nitrogens with zero attached hydrogens (tertiary/aromatic N) is 3. The molecular weight excluding hydrogens is 356 g/mol. The minimum Gasteiger partial charge on any atom is -0.339 e. The molecule has 1 heterocycles. The molecule has 122 valence electrons. The van der Waals surface area contributed by atoms with Crippen molar-refractivity contribution in [3.05, 3.63) is 46.6 Å². The van der Waals surface area contributed by atoms with Crippen LogP contribution >= 0.6 is 15.9 Å². The molecule has 0 aliphatic carbocycles. The SMILES string of the molecule is CCCN(CCC)C(=O)c1ccc(Nc2ccc(Br)cc2)nn1. The fraction of sp³-hybridized carbons (Fsp3) is 0.353. The number of hydrogen-bond acceptors (Lipinski definition) is 4. The lowest BCUT2D eigenvalue weighted by Crippen LogP contribution is -2.33. The minimum absolute atomic E-state index is 0.0589. The highest BCUT2D eigenvalue weighted by Gasteiger charge is 2.16. The van der Waals surface area contributed by atoms with E-state index in [9.17, 15) is 4.79 Å². The second-order valence-electron chi connectivity index (χ2n) is 5.23. The van der Waals surface area contributed by atoms with E-state index in [1.54, 1.807) is 12.1 Å². The largest absolute Gasteiger partial charge is 0.339 e. The maximum Gasteiger partial charge on any atom is 0.274 e. The third kappa shape index (κ3) is 5.03. The van der Waals surface area contributed by atoms with E-state index < -0.39 is 0 Å². The number of amides is 1. The van der Waals surface area contributed by atoms with Crippen LogP contribution in [-0.4, -0.2) is 34.1 Å². The average molecular weight is 377 g/mol. The summed E-state index contributed by atoms with van der Waals surface area (Å²) in [6.45, 7) is 5.61. The summed E-state index contributed by atoms with van der Waals surface area (Å²) in [4.78, 5) is 14.3. The summed E-state index contributed by atoms with van der Waals surface area (Å²) in [5.41, 5.74) is 1.30. The van der Waals surface area contributed by atoms with Gasteiger partial charge >= 0.3 is 0 Å². The number of hydrogen-bond donors (Lipinski definition) is 1. The molecule has 1 N–H and O–H groups in total. The number of carbonyl (C=O) groups is 1. The molecule has 1 amide bonds. The Morgan fingerprint density at radius 1 is 1.04 bits per heavy atom. The van der Waals surface area contributed by atoms with Crippen LogP contribution in [0.5, 0.6) is 0 Å². The van der Waals surface area contributed by atoms with Crippen LogP contribution in [0, 0.1) is 0 Å². The van der Waals surface area contributed by atoms with Gasteiger partial charge in [0.25, 0.3) is 5.91 Å². The van der Waals surface area contributed by atoms with Gasteiger partial charge in [0.1, 0.15) is 0 Å². The van der Waals surface area contributed by atoms with Crippen LogP contribution < -0.4 is 5.32 Å². The van der Waals surface area contributed by atoms with Crippen LogP contribution in [0.25, 0.3) is 0 Å². The van der Waals surface area contributed by atoms with Gasteiger partial charge in [0.15, 0.2) is 11.5 Å². The van der Waals surface area contributed by atoms with Crippen molar-refractivity contribution in [2.45, 2.75) is 26.7 Å². The summed E-state index contributed by atoms with van der Waals surface area (Å²) in [7, 11) is 0. The maximum atomic E-state index is 12.4. The van der Waals surface area contributed by atoms with Crippen LogP contribution in [0.2, 0.25) is 0 Å². The highest BCUT2D eigenvalue weighted by Crippen LogP contribution is 2.17. The molecule has 0 fully saturated rings. The molecule has 0 atom stereocenters. The average Bonchev–Trinajstić information content (AvgIpc) is 2.57. The molecule has 0 saturated carbocycles. The lowest BCUT2D eigenvalue weighted by Gasteiger charge is -2.20. The third-order valence-electron chi connectivity index (χ3n) is 3.27. The molecule has 1 aromatic carbocycles. The van der Waals surface area contributed by atoms with Gasteiger partial charge in [-0.1, -0.05) is 29.8 Å². The zero-order chi connectivity index (χ0) is 16.7. The Labute approximate surface area is 145 Å². The van der Waals surface area contributed by atoms with E-state index in [4.69, 9.17) is 0 Å². The molecular formula is C17H21BrN4O. The molecule has 2 rings (SSSR count). The Morgan fingerprint density at radius 3 is 2.22 bits per heavy atom. The van der Waals surface area contributed by atoms with Gasteiger partial charge in [0.2, 0.25) is 0 Å². The van der Waals surface area contributed by atoms with Crippen molar-refractivity contribution < 1.29 is 4.79 Å². The Balaban J connectivity index is 2.05. The van der Waals surface area contributed by atoms with Crippen molar-refractivity contribution in [1.82, 2.24) is 15.1 Å². The molecule has 5 nitrogen and oxygen atoms in total. The zero-order valence-electron chi connectivity index (χ0n) is 13.4.